The van der Waals surface area contributed by atoms with Crippen LogP contribution in [0, 0.1) is 16.7 Å². The molecule has 84 valence electrons. The van der Waals surface area contributed by atoms with Crippen LogP contribution in [0.1, 0.15) is 19.3 Å². The van der Waals surface area contributed by atoms with Crippen molar-refractivity contribution in [2.75, 3.05) is 19.0 Å². The van der Waals surface area contributed by atoms with Crippen molar-refractivity contribution in [3.63, 3.8) is 0 Å². The summed E-state index contributed by atoms with van der Waals surface area (Å²) in [4.78, 5) is 0. The first-order valence-electron chi connectivity index (χ1n) is 5.53. The van der Waals surface area contributed by atoms with Gasteiger partial charge in [-0.05, 0) is 37.1 Å². The van der Waals surface area contributed by atoms with E-state index in [0.717, 1.165) is 18.0 Å². The summed E-state index contributed by atoms with van der Waals surface area (Å²) in [7, 11) is 1.66. The van der Waals surface area contributed by atoms with Gasteiger partial charge in [-0.25, -0.2) is 0 Å². The number of hydrogen-bond acceptors (Lipinski definition) is 3. The summed E-state index contributed by atoms with van der Waals surface area (Å²) < 4.78 is 5.09. The van der Waals surface area contributed by atoms with Crippen molar-refractivity contribution >= 4 is 5.69 Å². The van der Waals surface area contributed by atoms with E-state index in [4.69, 9.17) is 10.00 Å². The minimum absolute atomic E-state index is 0.245. The van der Waals surface area contributed by atoms with Crippen LogP contribution in [0.5, 0.6) is 5.75 Å². The summed E-state index contributed by atoms with van der Waals surface area (Å²) in [6, 6.07) is 10.1. The standard InChI is InChI=1S/C13H16N2O/c1-16-12-4-2-11(3-5-12)15-10-13(6-7-13)8-9-14/h2-5,15H,6-8,10H2,1H3. The molecule has 1 aliphatic carbocycles. The molecule has 2 rings (SSSR count). The van der Waals surface area contributed by atoms with E-state index in [2.05, 4.69) is 11.4 Å². The molecule has 0 saturated heterocycles. The Bertz CT molecular complexity index is 387. The Kier molecular flexibility index (Phi) is 3.00. The van der Waals surface area contributed by atoms with Crippen LogP contribution in [0.4, 0.5) is 5.69 Å². The Morgan fingerprint density at radius 3 is 2.56 bits per heavy atom. The van der Waals surface area contributed by atoms with Gasteiger partial charge in [0.2, 0.25) is 0 Å². The van der Waals surface area contributed by atoms with Crippen molar-refractivity contribution in [2.45, 2.75) is 19.3 Å². The fourth-order valence-electron chi connectivity index (χ4n) is 1.76. The highest BCUT2D eigenvalue weighted by molar-refractivity contribution is 5.46. The van der Waals surface area contributed by atoms with E-state index >= 15 is 0 Å². The smallest absolute Gasteiger partial charge is 0.119 e. The summed E-state index contributed by atoms with van der Waals surface area (Å²) >= 11 is 0. The molecule has 0 amide bonds. The van der Waals surface area contributed by atoms with Gasteiger partial charge in [0, 0.05) is 24.1 Å². The van der Waals surface area contributed by atoms with E-state index in [1.54, 1.807) is 7.11 Å². The topological polar surface area (TPSA) is 45.0 Å². The zero-order valence-corrected chi connectivity index (χ0v) is 9.49. The monoisotopic (exact) mass is 216 g/mol. The Labute approximate surface area is 96.0 Å². The second-order valence-electron chi connectivity index (χ2n) is 4.42. The maximum Gasteiger partial charge on any atom is 0.119 e. The van der Waals surface area contributed by atoms with Crippen LogP contribution in [0.25, 0.3) is 0 Å². The SMILES string of the molecule is COc1ccc(NCC2(CC#N)CC2)cc1. The van der Waals surface area contributed by atoms with Gasteiger partial charge in [-0.3, -0.25) is 0 Å². The molecule has 1 saturated carbocycles. The zero-order chi connectivity index (χ0) is 11.4. The highest BCUT2D eigenvalue weighted by Crippen LogP contribution is 2.48. The fraction of sp³-hybridized carbons (Fsp3) is 0.462. The third kappa shape index (κ3) is 2.46. The van der Waals surface area contributed by atoms with Crippen LogP contribution in [0.3, 0.4) is 0 Å². The molecule has 0 heterocycles. The molecule has 0 unspecified atom stereocenters. The summed E-state index contributed by atoms with van der Waals surface area (Å²) in [6.45, 7) is 0.896. The van der Waals surface area contributed by atoms with Gasteiger partial charge in [-0.2, -0.15) is 5.26 Å². The normalized spacial score (nSPS) is 16.2. The Morgan fingerprint density at radius 1 is 1.38 bits per heavy atom. The third-order valence-electron chi connectivity index (χ3n) is 3.17. The molecule has 0 aromatic heterocycles. The molecule has 0 atom stereocenters. The summed E-state index contributed by atoms with van der Waals surface area (Å²) in [5, 5.41) is 12.1. The lowest BCUT2D eigenvalue weighted by Crippen LogP contribution is -2.14. The molecule has 1 aromatic rings. The lowest BCUT2D eigenvalue weighted by molar-refractivity contribution is 0.415. The van der Waals surface area contributed by atoms with Gasteiger partial charge >= 0.3 is 0 Å². The van der Waals surface area contributed by atoms with Crippen LogP contribution >= 0.6 is 0 Å². The number of anilines is 1. The van der Waals surface area contributed by atoms with Crippen LogP contribution in [0.15, 0.2) is 24.3 Å². The van der Waals surface area contributed by atoms with Gasteiger partial charge in [0.15, 0.2) is 0 Å². The van der Waals surface area contributed by atoms with Gasteiger partial charge < -0.3 is 10.1 Å². The van der Waals surface area contributed by atoms with Crippen molar-refractivity contribution in [2.24, 2.45) is 5.41 Å². The van der Waals surface area contributed by atoms with E-state index in [9.17, 15) is 0 Å². The molecule has 3 nitrogen and oxygen atoms in total. The summed E-state index contributed by atoms with van der Waals surface area (Å²) in [5.74, 6) is 0.865. The highest BCUT2D eigenvalue weighted by atomic mass is 16.5. The largest absolute Gasteiger partial charge is 0.497 e. The van der Waals surface area contributed by atoms with Crippen molar-refractivity contribution in [1.82, 2.24) is 0 Å². The van der Waals surface area contributed by atoms with Crippen molar-refractivity contribution < 1.29 is 4.74 Å². The number of nitrogens with one attached hydrogen (secondary N) is 1. The number of rotatable bonds is 5. The minimum Gasteiger partial charge on any atom is -0.497 e. The predicted molar refractivity (Wildman–Crippen MR) is 63.4 cm³/mol. The first kappa shape index (κ1) is 10.8. The Balaban J connectivity index is 1.88. The fourth-order valence-corrected chi connectivity index (χ4v) is 1.76. The number of hydrogen-bond donors (Lipinski definition) is 1. The second-order valence-corrected chi connectivity index (χ2v) is 4.42. The summed E-state index contributed by atoms with van der Waals surface area (Å²) in [6.07, 6.45) is 3.00. The lowest BCUT2D eigenvalue weighted by atomic mass is 10.0. The first-order chi connectivity index (χ1) is 7.78. The molecule has 3 heteroatoms. The number of nitrogens with zero attached hydrogens (tertiary/aromatic N) is 1. The van der Waals surface area contributed by atoms with Gasteiger partial charge in [0.1, 0.15) is 5.75 Å². The van der Waals surface area contributed by atoms with Crippen LogP contribution < -0.4 is 10.1 Å². The number of ether oxygens (including phenoxy) is 1. The number of methoxy groups -OCH3 is 1. The lowest BCUT2D eigenvalue weighted by Gasteiger charge is -2.13. The van der Waals surface area contributed by atoms with Crippen molar-refractivity contribution in [3.05, 3.63) is 24.3 Å². The van der Waals surface area contributed by atoms with Gasteiger partial charge in [-0.15, -0.1) is 0 Å². The number of nitriles is 1. The Morgan fingerprint density at radius 2 is 2.06 bits per heavy atom. The van der Waals surface area contributed by atoms with E-state index in [1.165, 1.54) is 12.8 Å². The van der Waals surface area contributed by atoms with Gasteiger partial charge in [0.05, 0.1) is 13.2 Å². The Hall–Kier alpha value is -1.69. The molecule has 0 bridgehead atoms. The maximum atomic E-state index is 8.71. The third-order valence-corrected chi connectivity index (χ3v) is 3.17. The molecule has 1 N–H and O–H groups in total. The molecule has 0 radical (unpaired) electrons. The van der Waals surface area contributed by atoms with E-state index in [-0.39, 0.29) is 5.41 Å². The molecule has 0 spiro atoms. The molecular formula is C13H16N2O. The molecule has 1 aromatic carbocycles. The molecular weight excluding hydrogens is 200 g/mol. The van der Waals surface area contributed by atoms with Gasteiger partial charge in [0.25, 0.3) is 0 Å². The van der Waals surface area contributed by atoms with Crippen molar-refractivity contribution in [1.29, 1.82) is 5.26 Å². The average molecular weight is 216 g/mol. The van der Waals surface area contributed by atoms with E-state index in [1.807, 2.05) is 24.3 Å². The quantitative estimate of drug-likeness (QED) is 0.823. The van der Waals surface area contributed by atoms with Crippen molar-refractivity contribution in [3.8, 4) is 11.8 Å². The maximum absolute atomic E-state index is 8.71. The van der Waals surface area contributed by atoms with E-state index < -0.39 is 0 Å². The number of benzene rings is 1. The molecule has 0 aliphatic heterocycles. The first-order valence-corrected chi connectivity index (χ1v) is 5.53. The van der Waals surface area contributed by atoms with E-state index in [0.29, 0.717) is 6.42 Å². The summed E-state index contributed by atoms with van der Waals surface area (Å²) in [5.41, 5.74) is 1.33. The average Bonchev–Trinajstić information content (AvgIpc) is 3.08. The molecule has 16 heavy (non-hydrogen) atoms. The van der Waals surface area contributed by atoms with Crippen LogP contribution in [-0.4, -0.2) is 13.7 Å². The van der Waals surface area contributed by atoms with Gasteiger partial charge in [-0.1, -0.05) is 0 Å². The second kappa shape index (κ2) is 4.44. The van der Waals surface area contributed by atoms with Crippen LogP contribution in [-0.2, 0) is 0 Å². The molecule has 1 fully saturated rings. The minimum atomic E-state index is 0.245. The molecule has 1 aliphatic rings. The highest BCUT2D eigenvalue weighted by Gasteiger charge is 2.41. The predicted octanol–water partition coefficient (Wildman–Crippen LogP) is 2.80. The zero-order valence-electron chi connectivity index (χ0n) is 9.49. The van der Waals surface area contributed by atoms with Crippen LogP contribution in [0.2, 0.25) is 0 Å².